The molecule has 0 saturated carbocycles. The Morgan fingerprint density at radius 2 is 1.67 bits per heavy atom. The fourth-order valence-corrected chi connectivity index (χ4v) is 1.53. The highest BCUT2D eigenvalue weighted by molar-refractivity contribution is 6.02. The van der Waals surface area contributed by atoms with Crippen molar-refractivity contribution < 1.29 is 28.6 Å². The molecule has 0 fully saturated rings. The van der Waals surface area contributed by atoms with Gasteiger partial charge in [0.25, 0.3) is 0 Å². The van der Waals surface area contributed by atoms with Crippen molar-refractivity contribution in [3.05, 3.63) is 12.7 Å². The zero-order valence-electron chi connectivity index (χ0n) is 12.4. The van der Waals surface area contributed by atoms with E-state index >= 15 is 0 Å². The van der Waals surface area contributed by atoms with Crippen molar-refractivity contribution in [2.24, 2.45) is 11.3 Å². The zero-order valence-corrected chi connectivity index (χ0v) is 12.4. The molecule has 0 bridgehead atoms. The molecule has 116 valence electrons. The van der Waals surface area contributed by atoms with Crippen LogP contribution in [0, 0.1) is 22.7 Å². The van der Waals surface area contributed by atoms with Gasteiger partial charge in [-0.2, -0.15) is 5.26 Å². The van der Waals surface area contributed by atoms with Gasteiger partial charge in [-0.25, -0.2) is 0 Å². The van der Waals surface area contributed by atoms with E-state index in [-0.39, 0.29) is 19.8 Å². The molecule has 0 aromatic carbocycles. The minimum absolute atomic E-state index is 0.00203. The fraction of sp³-hybridized carbons (Fsp3) is 0.571. The maximum atomic E-state index is 12.0. The monoisotopic (exact) mass is 297 g/mol. The number of nitrogens with zero attached hydrogens (tertiary/aromatic N) is 1. The summed E-state index contributed by atoms with van der Waals surface area (Å²) in [5.41, 5.74) is -2.04. The minimum atomic E-state index is -2.04. The molecule has 1 unspecified atom stereocenters. The summed E-state index contributed by atoms with van der Waals surface area (Å²) < 4.78 is 14.3. The Labute approximate surface area is 123 Å². The smallest absolute Gasteiger partial charge is 0.328 e. The number of carbonyl (C=O) groups is 3. The van der Waals surface area contributed by atoms with E-state index in [4.69, 9.17) is 14.2 Å². The number of rotatable bonds is 8. The highest BCUT2D eigenvalue weighted by Gasteiger charge is 2.53. The number of hydrogen-bond donors (Lipinski definition) is 0. The summed E-state index contributed by atoms with van der Waals surface area (Å²) in [6.45, 7) is 7.44. The van der Waals surface area contributed by atoms with E-state index < -0.39 is 29.2 Å². The van der Waals surface area contributed by atoms with Crippen LogP contribution in [-0.2, 0) is 28.6 Å². The standard InChI is InChI=1S/C14H19NO6/c1-5-8-21-13(18)14(4,9-15)10(11(16)19-6-2)12(17)20-7-3/h5,10H,1,6-8H2,2-4H3. The molecule has 0 aliphatic rings. The lowest BCUT2D eigenvalue weighted by Crippen LogP contribution is -2.46. The van der Waals surface area contributed by atoms with Crippen molar-refractivity contribution in [3.63, 3.8) is 0 Å². The van der Waals surface area contributed by atoms with Crippen molar-refractivity contribution in [1.82, 2.24) is 0 Å². The van der Waals surface area contributed by atoms with Crippen LogP contribution in [0.1, 0.15) is 20.8 Å². The molecule has 0 heterocycles. The first kappa shape index (κ1) is 18.6. The van der Waals surface area contributed by atoms with Gasteiger partial charge in [0.1, 0.15) is 6.61 Å². The molecular weight excluding hydrogens is 278 g/mol. The summed E-state index contributed by atoms with van der Waals surface area (Å²) in [7, 11) is 0. The summed E-state index contributed by atoms with van der Waals surface area (Å²) in [6.07, 6.45) is 1.30. The van der Waals surface area contributed by atoms with Crippen LogP contribution in [0.3, 0.4) is 0 Å². The molecule has 7 heteroatoms. The highest BCUT2D eigenvalue weighted by atomic mass is 16.6. The van der Waals surface area contributed by atoms with E-state index in [2.05, 4.69) is 6.58 Å². The molecule has 0 amide bonds. The van der Waals surface area contributed by atoms with Crippen LogP contribution in [0.4, 0.5) is 0 Å². The molecule has 7 nitrogen and oxygen atoms in total. The second-order valence-electron chi connectivity index (χ2n) is 4.14. The molecule has 0 N–H and O–H groups in total. The fourth-order valence-electron chi connectivity index (χ4n) is 1.53. The van der Waals surface area contributed by atoms with E-state index in [1.54, 1.807) is 19.9 Å². The number of carbonyl (C=O) groups excluding carboxylic acids is 3. The largest absolute Gasteiger partial charge is 0.465 e. The third-order valence-corrected chi connectivity index (χ3v) is 2.61. The van der Waals surface area contributed by atoms with Gasteiger partial charge in [0, 0.05) is 0 Å². The van der Waals surface area contributed by atoms with Gasteiger partial charge in [0.2, 0.25) is 0 Å². The second kappa shape index (κ2) is 8.74. The van der Waals surface area contributed by atoms with Crippen LogP contribution >= 0.6 is 0 Å². The Balaban J connectivity index is 5.56. The molecule has 21 heavy (non-hydrogen) atoms. The van der Waals surface area contributed by atoms with Gasteiger partial charge in [-0.3, -0.25) is 14.4 Å². The van der Waals surface area contributed by atoms with E-state index in [1.165, 1.54) is 6.08 Å². The van der Waals surface area contributed by atoms with E-state index in [9.17, 15) is 19.6 Å². The average molecular weight is 297 g/mol. The Morgan fingerprint density at radius 1 is 1.19 bits per heavy atom. The van der Waals surface area contributed by atoms with Crippen molar-refractivity contribution in [3.8, 4) is 6.07 Å². The zero-order chi connectivity index (χ0) is 16.5. The van der Waals surface area contributed by atoms with Crippen LogP contribution in [0.2, 0.25) is 0 Å². The van der Waals surface area contributed by atoms with E-state index in [1.807, 2.05) is 0 Å². The van der Waals surface area contributed by atoms with Crippen LogP contribution in [0.15, 0.2) is 12.7 Å². The van der Waals surface area contributed by atoms with Gasteiger partial charge in [-0.05, 0) is 20.8 Å². The highest BCUT2D eigenvalue weighted by Crippen LogP contribution is 2.31. The molecule has 0 rings (SSSR count). The summed E-state index contributed by atoms with van der Waals surface area (Å²) in [5.74, 6) is -4.73. The first-order chi connectivity index (χ1) is 9.88. The Hall–Kier alpha value is -2.36. The second-order valence-corrected chi connectivity index (χ2v) is 4.14. The molecule has 0 aromatic rings. The van der Waals surface area contributed by atoms with Crippen LogP contribution in [-0.4, -0.2) is 37.7 Å². The molecule has 0 saturated heterocycles. The maximum absolute atomic E-state index is 12.0. The van der Waals surface area contributed by atoms with Crippen molar-refractivity contribution in [1.29, 1.82) is 5.26 Å². The summed E-state index contributed by atoms with van der Waals surface area (Å²) in [6, 6.07) is 1.66. The number of hydrogen-bond acceptors (Lipinski definition) is 7. The number of esters is 3. The maximum Gasteiger partial charge on any atom is 0.328 e. The Kier molecular flexibility index (Phi) is 7.76. The molecule has 0 radical (unpaired) electrons. The predicted octanol–water partition coefficient (Wildman–Crippen LogP) is 0.988. The number of nitriles is 1. The van der Waals surface area contributed by atoms with Crippen LogP contribution in [0.5, 0.6) is 0 Å². The quantitative estimate of drug-likeness (QED) is 0.285. The third-order valence-electron chi connectivity index (χ3n) is 2.61. The van der Waals surface area contributed by atoms with Crippen LogP contribution < -0.4 is 0 Å². The SMILES string of the molecule is C=CCOC(=O)C(C)(C#N)C(C(=O)OCC)C(=O)OCC. The van der Waals surface area contributed by atoms with E-state index in [0.717, 1.165) is 6.92 Å². The van der Waals surface area contributed by atoms with Crippen molar-refractivity contribution in [2.75, 3.05) is 19.8 Å². The van der Waals surface area contributed by atoms with Gasteiger partial charge in [-0.15, -0.1) is 0 Å². The van der Waals surface area contributed by atoms with Crippen LogP contribution in [0.25, 0.3) is 0 Å². The first-order valence-electron chi connectivity index (χ1n) is 6.41. The minimum Gasteiger partial charge on any atom is -0.465 e. The van der Waals surface area contributed by atoms with Crippen molar-refractivity contribution >= 4 is 17.9 Å². The normalized spacial score (nSPS) is 12.7. The van der Waals surface area contributed by atoms with Gasteiger partial charge >= 0.3 is 17.9 Å². The number of ether oxygens (including phenoxy) is 3. The lowest BCUT2D eigenvalue weighted by Gasteiger charge is -2.26. The molecule has 0 aliphatic heterocycles. The summed E-state index contributed by atoms with van der Waals surface area (Å²) >= 11 is 0. The van der Waals surface area contributed by atoms with Gasteiger partial charge < -0.3 is 14.2 Å². The molecule has 0 spiro atoms. The third kappa shape index (κ3) is 4.60. The summed E-state index contributed by atoms with van der Waals surface area (Å²) in [4.78, 5) is 35.9. The first-order valence-corrected chi connectivity index (χ1v) is 6.41. The van der Waals surface area contributed by atoms with Gasteiger partial charge in [-0.1, -0.05) is 12.7 Å². The van der Waals surface area contributed by atoms with E-state index in [0.29, 0.717) is 0 Å². The van der Waals surface area contributed by atoms with Gasteiger partial charge in [0.15, 0.2) is 11.3 Å². The topological polar surface area (TPSA) is 103 Å². The van der Waals surface area contributed by atoms with Crippen molar-refractivity contribution in [2.45, 2.75) is 20.8 Å². The molecule has 0 aliphatic carbocycles. The van der Waals surface area contributed by atoms with Gasteiger partial charge in [0.05, 0.1) is 19.3 Å². The Morgan fingerprint density at radius 3 is 2.00 bits per heavy atom. The lowest BCUT2D eigenvalue weighted by atomic mass is 9.78. The molecule has 1 atom stereocenters. The Bertz CT molecular complexity index is 435. The molecule has 0 aromatic heterocycles. The molecular formula is C14H19NO6. The lowest BCUT2D eigenvalue weighted by molar-refractivity contribution is -0.174. The predicted molar refractivity (Wildman–Crippen MR) is 71.6 cm³/mol. The summed E-state index contributed by atoms with van der Waals surface area (Å²) in [5, 5.41) is 9.27. The average Bonchev–Trinajstić information content (AvgIpc) is 2.45.